The van der Waals surface area contributed by atoms with Crippen molar-refractivity contribution in [1.82, 2.24) is 0 Å². The van der Waals surface area contributed by atoms with Crippen LogP contribution in [-0.2, 0) is 4.74 Å². The minimum absolute atomic E-state index is 0.822. The van der Waals surface area contributed by atoms with Crippen molar-refractivity contribution in [1.29, 1.82) is 0 Å². The zero-order chi connectivity index (χ0) is 12.1. The molecule has 0 amide bonds. The van der Waals surface area contributed by atoms with Gasteiger partial charge in [-0.3, -0.25) is 0 Å². The number of rotatable bonds is 6. The van der Waals surface area contributed by atoms with E-state index in [1.54, 1.807) is 0 Å². The maximum Gasteiger partial charge on any atom is 0.0465 e. The van der Waals surface area contributed by atoms with Gasteiger partial charge in [-0.25, -0.2) is 0 Å². The van der Waals surface area contributed by atoms with Crippen molar-refractivity contribution in [3.05, 3.63) is 30.3 Å². The van der Waals surface area contributed by atoms with E-state index in [9.17, 15) is 0 Å². The summed E-state index contributed by atoms with van der Waals surface area (Å²) in [6.07, 6.45) is 4.91. The van der Waals surface area contributed by atoms with E-state index in [4.69, 9.17) is 10.5 Å². The van der Waals surface area contributed by atoms with E-state index in [2.05, 4.69) is 13.8 Å². The Balaban J connectivity index is 0.000000288. The number of anilines is 1. The van der Waals surface area contributed by atoms with E-state index in [1.807, 2.05) is 30.3 Å². The molecule has 16 heavy (non-hydrogen) atoms. The Morgan fingerprint density at radius 2 is 1.44 bits per heavy atom. The molecule has 0 aliphatic rings. The highest BCUT2D eigenvalue weighted by molar-refractivity contribution is 5.35. The number of benzene rings is 1. The van der Waals surface area contributed by atoms with Gasteiger partial charge in [-0.2, -0.15) is 0 Å². The third-order valence-corrected chi connectivity index (χ3v) is 2.08. The van der Waals surface area contributed by atoms with E-state index >= 15 is 0 Å². The lowest BCUT2D eigenvalue weighted by molar-refractivity contribution is 0.128. The van der Waals surface area contributed by atoms with Crippen LogP contribution in [0.1, 0.15) is 39.5 Å². The zero-order valence-electron chi connectivity index (χ0n) is 10.6. The Morgan fingerprint density at radius 3 is 1.75 bits per heavy atom. The Morgan fingerprint density at radius 1 is 0.938 bits per heavy atom. The van der Waals surface area contributed by atoms with Gasteiger partial charge in [-0.15, -0.1) is 0 Å². The second-order valence-corrected chi connectivity index (χ2v) is 3.73. The Kier molecular flexibility index (Phi) is 11.3. The molecule has 1 rings (SSSR count). The van der Waals surface area contributed by atoms with E-state index in [-0.39, 0.29) is 0 Å². The Labute approximate surface area is 99.8 Å². The minimum Gasteiger partial charge on any atom is -0.399 e. The average molecular weight is 223 g/mol. The monoisotopic (exact) mass is 223 g/mol. The summed E-state index contributed by atoms with van der Waals surface area (Å²) < 4.78 is 5.31. The molecule has 0 saturated heterocycles. The van der Waals surface area contributed by atoms with Crippen LogP contribution in [0.3, 0.4) is 0 Å². The second-order valence-electron chi connectivity index (χ2n) is 3.73. The smallest absolute Gasteiger partial charge is 0.0465 e. The molecule has 0 bridgehead atoms. The normalized spacial score (nSPS) is 9.38. The van der Waals surface area contributed by atoms with E-state index in [0.29, 0.717) is 0 Å². The van der Waals surface area contributed by atoms with Gasteiger partial charge in [0.15, 0.2) is 0 Å². The van der Waals surface area contributed by atoms with Crippen molar-refractivity contribution in [2.24, 2.45) is 0 Å². The van der Waals surface area contributed by atoms with Crippen molar-refractivity contribution in [2.75, 3.05) is 18.9 Å². The number of unbranched alkanes of at least 4 members (excludes halogenated alkanes) is 2. The summed E-state index contributed by atoms with van der Waals surface area (Å²) in [6.45, 7) is 6.28. The van der Waals surface area contributed by atoms with E-state index in [1.165, 1.54) is 25.7 Å². The van der Waals surface area contributed by atoms with Gasteiger partial charge in [-0.1, -0.05) is 44.9 Å². The van der Waals surface area contributed by atoms with Crippen molar-refractivity contribution in [3.8, 4) is 0 Å². The van der Waals surface area contributed by atoms with Crippen LogP contribution in [0.2, 0.25) is 0 Å². The molecule has 0 aromatic heterocycles. The second kappa shape index (κ2) is 12.1. The Hall–Kier alpha value is -1.02. The van der Waals surface area contributed by atoms with Crippen LogP contribution in [0.15, 0.2) is 30.3 Å². The maximum absolute atomic E-state index is 5.36. The number of ether oxygens (including phenoxy) is 1. The molecule has 2 nitrogen and oxygen atoms in total. The van der Waals surface area contributed by atoms with Crippen LogP contribution in [-0.4, -0.2) is 13.2 Å². The first-order valence-corrected chi connectivity index (χ1v) is 6.19. The summed E-state index contributed by atoms with van der Waals surface area (Å²) in [5, 5.41) is 0. The van der Waals surface area contributed by atoms with Crippen LogP contribution in [0.5, 0.6) is 0 Å². The molecular weight excluding hydrogens is 198 g/mol. The highest BCUT2D eigenvalue weighted by Gasteiger charge is 1.84. The third kappa shape index (κ3) is 11.1. The molecule has 0 fully saturated rings. The summed E-state index contributed by atoms with van der Waals surface area (Å²) in [4.78, 5) is 0. The fourth-order valence-corrected chi connectivity index (χ4v) is 1.05. The molecule has 2 N–H and O–H groups in total. The first-order chi connectivity index (χ1) is 7.81. The number of hydrogen-bond acceptors (Lipinski definition) is 2. The number of nitrogen functional groups attached to an aromatic ring is 1. The highest BCUT2D eigenvalue weighted by atomic mass is 16.5. The van der Waals surface area contributed by atoms with Gasteiger partial charge in [0.1, 0.15) is 0 Å². The highest BCUT2D eigenvalue weighted by Crippen LogP contribution is 1.95. The first kappa shape index (κ1) is 15.0. The van der Waals surface area contributed by atoms with Crippen molar-refractivity contribution < 1.29 is 4.74 Å². The van der Waals surface area contributed by atoms with Crippen LogP contribution in [0.4, 0.5) is 5.69 Å². The van der Waals surface area contributed by atoms with Gasteiger partial charge in [0, 0.05) is 18.9 Å². The number of nitrogens with two attached hydrogens (primary N) is 1. The summed E-state index contributed by atoms with van der Waals surface area (Å²) in [7, 11) is 0. The predicted molar refractivity (Wildman–Crippen MR) is 71.5 cm³/mol. The van der Waals surface area contributed by atoms with Gasteiger partial charge >= 0.3 is 0 Å². The maximum atomic E-state index is 5.36. The fourth-order valence-electron chi connectivity index (χ4n) is 1.05. The zero-order valence-corrected chi connectivity index (χ0v) is 10.6. The molecular formula is C14H25NO. The average Bonchev–Trinajstić information content (AvgIpc) is 2.31. The Bertz CT molecular complexity index is 217. The summed E-state index contributed by atoms with van der Waals surface area (Å²) in [5.41, 5.74) is 6.18. The van der Waals surface area contributed by atoms with Crippen molar-refractivity contribution >= 4 is 5.69 Å². The van der Waals surface area contributed by atoms with Gasteiger partial charge < -0.3 is 10.5 Å². The molecule has 2 heteroatoms. The molecule has 0 saturated carbocycles. The van der Waals surface area contributed by atoms with Crippen LogP contribution < -0.4 is 5.73 Å². The summed E-state index contributed by atoms with van der Waals surface area (Å²) >= 11 is 0. The molecule has 0 radical (unpaired) electrons. The molecule has 1 aromatic rings. The SMILES string of the molecule is CCCCOCCCC.Nc1ccccc1. The lowest BCUT2D eigenvalue weighted by Gasteiger charge is -1.99. The molecule has 0 heterocycles. The fraction of sp³-hybridized carbons (Fsp3) is 0.571. The van der Waals surface area contributed by atoms with Crippen LogP contribution >= 0.6 is 0 Å². The molecule has 0 spiro atoms. The summed E-state index contributed by atoms with van der Waals surface area (Å²) in [6, 6.07) is 9.49. The molecule has 0 aliphatic heterocycles. The third-order valence-electron chi connectivity index (χ3n) is 2.08. The summed E-state index contributed by atoms with van der Waals surface area (Å²) in [5.74, 6) is 0. The lowest BCUT2D eigenvalue weighted by atomic mass is 10.3. The topological polar surface area (TPSA) is 35.2 Å². The molecule has 92 valence electrons. The van der Waals surface area contributed by atoms with Gasteiger partial charge in [-0.05, 0) is 25.0 Å². The van der Waals surface area contributed by atoms with Gasteiger partial charge in [0.05, 0.1) is 0 Å². The van der Waals surface area contributed by atoms with Gasteiger partial charge in [0.2, 0.25) is 0 Å². The first-order valence-electron chi connectivity index (χ1n) is 6.19. The molecule has 0 unspecified atom stereocenters. The quantitative estimate of drug-likeness (QED) is 0.587. The van der Waals surface area contributed by atoms with Crippen molar-refractivity contribution in [3.63, 3.8) is 0 Å². The minimum atomic E-state index is 0.822. The predicted octanol–water partition coefficient (Wildman–Crippen LogP) is 3.87. The van der Waals surface area contributed by atoms with Crippen LogP contribution in [0, 0.1) is 0 Å². The van der Waals surface area contributed by atoms with Crippen LogP contribution in [0.25, 0.3) is 0 Å². The standard InChI is InChI=1S/C8H18O.C6H7N/c1-3-5-7-9-8-6-4-2;7-6-4-2-1-3-5-6/h3-8H2,1-2H3;1-5H,7H2. The lowest BCUT2D eigenvalue weighted by Crippen LogP contribution is -1.95. The number of para-hydroxylation sites is 1. The van der Waals surface area contributed by atoms with E-state index in [0.717, 1.165) is 18.9 Å². The van der Waals surface area contributed by atoms with Crippen molar-refractivity contribution in [2.45, 2.75) is 39.5 Å². The molecule has 0 atom stereocenters. The van der Waals surface area contributed by atoms with E-state index < -0.39 is 0 Å². The van der Waals surface area contributed by atoms with Gasteiger partial charge in [0.25, 0.3) is 0 Å². The molecule has 1 aromatic carbocycles. The molecule has 0 aliphatic carbocycles. The largest absolute Gasteiger partial charge is 0.399 e. The number of hydrogen-bond donors (Lipinski definition) is 1.